The Morgan fingerprint density at radius 3 is 2.35 bits per heavy atom. The minimum Gasteiger partial charge on any atom is -0.395 e. The molecule has 0 aliphatic rings. The SMILES string of the molecule is CC(C)C(NC(=O)c1ccc(F)cc1)C(=O)NCCO. The van der Waals surface area contributed by atoms with E-state index < -0.39 is 17.8 Å². The van der Waals surface area contributed by atoms with E-state index in [9.17, 15) is 14.0 Å². The summed E-state index contributed by atoms with van der Waals surface area (Å²) in [5.41, 5.74) is 0.284. The molecule has 0 bridgehead atoms. The molecule has 1 aromatic carbocycles. The van der Waals surface area contributed by atoms with E-state index in [1.54, 1.807) is 13.8 Å². The van der Waals surface area contributed by atoms with Gasteiger partial charge in [-0.3, -0.25) is 9.59 Å². The number of hydrogen-bond donors (Lipinski definition) is 3. The molecular weight excluding hydrogens is 263 g/mol. The maximum Gasteiger partial charge on any atom is 0.251 e. The summed E-state index contributed by atoms with van der Waals surface area (Å²) in [6.45, 7) is 3.57. The van der Waals surface area contributed by atoms with Crippen molar-refractivity contribution in [2.24, 2.45) is 5.92 Å². The van der Waals surface area contributed by atoms with Crippen LogP contribution in [-0.2, 0) is 4.79 Å². The van der Waals surface area contributed by atoms with Gasteiger partial charge < -0.3 is 15.7 Å². The largest absolute Gasteiger partial charge is 0.395 e. The van der Waals surface area contributed by atoms with Gasteiger partial charge in [-0.1, -0.05) is 13.8 Å². The van der Waals surface area contributed by atoms with Crippen LogP contribution in [0.4, 0.5) is 4.39 Å². The molecule has 0 spiro atoms. The number of carbonyl (C=O) groups excluding carboxylic acids is 2. The molecule has 3 N–H and O–H groups in total. The third kappa shape index (κ3) is 4.62. The van der Waals surface area contributed by atoms with Gasteiger partial charge in [-0.25, -0.2) is 4.39 Å². The Balaban J connectivity index is 2.72. The highest BCUT2D eigenvalue weighted by molar-refractivity contribution is 5.97. The van der Waals surface area contributed by atoms with Crippen LogP contribution >= 0.6 is 0 Å². The summed E-state index contributed by atoms with van der Waals surface area (Å²) in [5, 5.41) is 13.8. The average Bonchev–Trinajstić information content (AvgIpc) is 2.42. The number of hydrogen-bond acceptors (Lipinski definition) is 3. The number of amides is 2. The predicted molar refractivity (Wildman–Crippen MR) is 72.6 cm³/mol. The molecule has 1 aromatic rings. The molecule has 0 aliphatic heterocycles. The lowest BCUT2D eigenvalue weighted by Gasteiger charge is -2.21. The van der Waals surface area contributed by atoms with Crippen molar-refractivity contribution in [3.8, 4) is 0 Å². The number of aliphatic hydroxyl groups excluding tert-OH is 1. The van der Waals surface area contributed by atoms with Gasteiger partial charge in [-0.15, -0.1) is 0 Å². The Labute approximate surface area is 117 Å². The second kappa shape index (κ2) is 7.59. The van der Waals surface area contributed by atoms with E-state index in [2.05, 4.69) is 10.6 Å². The van der Waals surface area contributed by atoms with Crippen molar-refractivity contribution in [3.63, 3.8) is 0 Å². The van der Waals surface area contributed by atoms with Crippen molar-refractivity contribution in [2.75, 3.05) is 13.2 Å². The minimum atomic E-state index is -0.709. The molecular formula is C14H19FN2O3. The predicted octanol–water partition coefficient (Wildman–Crippen LogP) is 0.689. The molecule has 20 heavy (non-hydrogen) atoms. The monoisotopic (exact) mass is 282 g/mol. The standard InChI is InChI=1S/C14H19FN2O3/c1-9(2)12(14(20)16-7-8-18)17-13(19)10-3-5-11(15)6-4-10/h3-6,9,12,18H,7-8H2,1-2H3,(H,16,20)(H,17,19). The van der Waals surface area contributed by atoms with Crippen molar-refractivity contribution in [2.45, 2.75) is 19.9 Å². The van der Waals surface area contributed by atoms with Crippen LogP contribution in [0.3, 0.4) is 0 Å². The van der Waals surface area contributed by atoms with E-state index in [4.69, 9.17) is 5.11 Å². The van der Waals surface area contributed by atoms with Gasteiger partial charge in [0.25, 0.3) is 5.91 Å². The zero-order valence-electron chi connectivity index (χ0n) is 11.5. The lowest BCUT2D eigenvalue weighted by Crippen LogP contribution is -2.50. The van der Waals surface area contributed by atoms with Crippen LogP contribution in [0.2, 0.25) is 0 Å². The molecule has 1 rings (SSSR count). The Bertz CT molecular complexity index is 460. The number of aliphatic hydroxyl groups is 1. The highest BCUT2D eigenvalue weighted by Crippen LogP contribution is 2.06. The van der Waals surface area contributed by atoms with E-state index >= 15 is 0 Å². The minimum absolute atomic E-state index is 0.113. The van der Waals surface area contributed by atoms with Gasteiger partial charge in [0.05, 0.1) is 6.61 Å². The lowest BCUT2D eigenvalue weighted by molar-refractivity contribution is -0.124. The first-order valence-electron chi connectivity index (χ1n) is 6.40. The van der Waals surface area contributed by atoms with Crippen molar-refractivity contribution < 1.29 is 19.1 Å². The molecule has 0 heterocycles. The van der Waals surface area contributed by atoms with Crippen LogP contribution in [0, 0.1) is 11.7 Å². The molecule has 0 fully saturated rings. The van der Waals surface area contributed by atoms with Crippen LogP contribution in [0.25, 0.3) is 0 Å². The second-order valence-corrected chi connectivity index (χ2v) is 4.72. The van der Waals surface area contributed by atoms with Crippen LogP contribution in [0.15, 0.2) is 24.3 Å². The summed E-state index contributed by atoms with van der Waals surface area (Å²) < 4.78 is 12.8. The first-order valence-corrected chi connectivity index (χ1v) is 6.40. The van der Waals surface area contributed by atoms with Crippen molar-refractivity contribution in [1.82, 2.24) is 10.6 Å². The highest BCUT2D eigenvalue weighted by Gasteiger charge is 2.24. The summed E-state index contributed by atoms with van der Waals surface area (Å²) in [6, 6.07) is 4.37. The van der Waals surface area contributed by atoms with Crippen molar-refractivity contribution in [3.05, 3.63) is 35.6 Å². The van der Waals surface area contributed by atoms with Gasteiger partial charge in [0.15, 0.2) is 0 Å². The maximum atomic E-state index is 12.8. The molecule has 0 radical (unpaired) electrons. The maximum absolute atomic E-state index is 12.8. The van der Waals surface area contributed by atoms with Gasteiger partial charge in [0.2, 0.25) is 5.91 Å². The molecule has 0 aromatic heterocycles. The van der Waals surface area contributed by atoms with Gasteiger partial charge in [-0.2, -0.15) is 0 Å². The van der Waals surface area contributed by atoms with E-state index in [-0.39, 0.29) is 30.5 Å². The molecule has 1 atom stereocenters. The first-order chi connectivity index (χ1) is 9.45. The van der Waals surface area contributed by atoms with Gasteiger partial charge in [-0.05, 0) is 30.2 Å². The Morgan fingerprint density at radius 1 is 1.25 bits per heavy atom. The van der Waals surface area contributed by atoms with Crippen LogP contribution in [0.5, 0.6) is 0 Å². The smallest absolute Gasteiger partial charge is 0.251 e. The number of halogens is 1. The normalized spacial score (nSPS) is 12.1. The molecule has 6 heteroatoms. The van der Waals surface area contributed by atoms with Gasteiger partial charge in [0, 0.05) is 12.1 Å². The summed E-state index contributed by atoms with van der Waals surface area (Å²) in [7, 11) is 0. The zero-order chi connectivity index (χ0) is 15.1. The average molecular weight is 282 g/mol. The van der Waals surface area contributed by atoms with Crippen LogP contribution in [0.1, 0.15) is 24.2 Å². The Kier molecular flexibility index (Phi) is 6.11. The summed E-state index contributed by atoms with van der Waals surface area (Å²) in [4.78, 5) is 23.9. The summed E-state index contributed by atoms with van der Waals surface area (Å²) in [6.07, 6.45) is 0. The zero-order valence-corrected chi connectivity index (χ0v) is 11.5. The number of benzene rings is 1. The fourth-order valence-corrected chi connectivity index (χ4v) is 1.65. The summed E-state index contributed by atoms with van der Waals surface area (Å²) in [5.74, 6) is -1.34. The molecule has 5 nitrogen and oxygen atoms in total. The molecule has 0 aliphatic carbocycles. The highest BCUT2D eigenvalue weighted by atomic mass is 19.1. The molecule has 0 saturated carbocycles. The topological polar surface area (TPSA) is 78.4 Å². The third-order valence-electron chi connectivity index (χ3n) is 2.75. The summed E-state index contributed by atoms with van der Waals surface area (Å²) >= 11 is 0. The van der Waals surface area contributed by atoms with E-state index in [0.717, 1.165) is 0 Å². The molecule has 110 valence electrons. The van der Waals surface area contributed by atoms with E-state index in [0.29, 0.717) is 0 Å². The van der Waals surface area contributed by atoms with Gasteiger partial charge in [0.1, 0.15) is 11.9 Å². The third-order valence-corrected chi connectivity index (χ3v) is 2.75. The van der Waals surface area contributed by atoms with Gasteiger partial charge >= 0.3 is 0 Å². The molecule has 2 amide bonds. The van der Waals surface area contributed by atoms with Crippen molar-refractivity contribution in [1.29, 1.82) is 0 Å². The van der Waals surface area contributed by atoms with E-state index in [1.165, 1.54) is 24.3 Å². The van der Waals surface area contributed by atoms with Crippen LogP contribution < -0.4 is 10.6 Å². The Hall–Kier alpha value is -1.95. The van der Waals surface area contributed by atoms with E-state index in [1.807, 2.05) is 0 Å². The molecule has 1 unspecified atom stereocenters. The van der Waals surface area contributed by atoms with Crippen LogP contribution in [-0.4, -0.2) is 36.1 Å². The number of carbonyl (C=O) groups is 2. The Morgan fingerprint density at radius 2 is 1.85 bits per heavy atom. The first kappa shape index (κ1) is 16.1. The quantitative estimate of drug-likeness (QED) is 0.718. The second-order valence-electron chi connectivity index (χ2n) is 4.72. The molecule has 0 saturated heterocycles. The lowest BCUT2D eigenvalue weighted by atomic mass is 10.0. The fourth-order valence-electron chi connectivity index (χ4n) is 1.65. The van der Waals surface area contributed by atoms with Crippen molar-refractivity contribution >= 4 is 11.8 Å². The fraction of sp³-hybridized carbons (Fsp3) is 0.429. The number of nitrogens with one attached hydrogen (secondary N) is 2. The number of rotatable bonds is 6.